The van der Waals surface area contributed by atoms with Crippen LogP contribution in [0.4, 0.5) is 5.69 Å². The summed E-state index contributed by atoms with van der Waals surface area (Å²) in [4.78, 5) is 12.8. The van der Waals surface area contributed by atoms with Crippen LogP contribution in [0.3, 0.4) is 0 Å². The van der Waals surface area contributed by atoms with E-state index in [1.54, 1.807) is 10.6 Å². The van der Waals surface area contributed by atoms with Crippen LogP contribution in [0.15, 0.2) is 60.7 Å². The van der Waals surface area contributed by atoms with Gasteiger partial charge in [-0.25, -0.2) is 0 Å². The first kappa shape index (κ1) is 18.1. The highest BCUT2D eigenvalue weighted by molar-refractivity contribution is 5.95. The van der Waals surface area contributed by atoms with E-state index in [4.69, 9.17) is 9.47 Å². The van der Waals surface area contributed by atoms with Gasteiger partial charge in [-0.3, -0.25) is 4.79 Å². The summed E-state index contributed by atoms with van der Waals surface area (Å²) in [5.74, 6) is 1.67. The van der Waals surface area contributed by atoms with Gasteiger partial charge >= 0.3 is 0 Å². The summed E-state index contributed by atoms with van der Waals surface area (Å²) in [6, 6.07) is 18.6. The molecule has 0 fully saturated rings. The second-order valence-corrected chi connectivity index (χ2v) is 7.11. The van der Waals surface area contributed by atoms with E-state index in [1.165, 1.54) is 0 Å². The molecule has 2 atom stereocenters. The minimum Gasteiger partial charge on any atom is -0.482 e. The molecule has 1 aliphatic heterocycles. The number of carbonyl (C=O) groups excluding carboxylic acids is 1. The molecule has 8 heteroatoms. The molecule has 30 heavy (non-hydrogen) atoms. The van der Waals surface area contributed by atoms with Crippen LogP contribution in [-0.2, 0) is 4.79 Å². The Bertz CT molecular complexity index is 1240. The number of aromatic nitrogens is 4. The number of amides is 1. The first-order valence-corrected chi connectivity index (χ1v) is 9.61. The summed E-state index contributed by atoms with van der Waals surface area (Å²) in [7, 11) is 0. The average Bonchev–Trinajstić information content (AvgIpc) is 3.14. The molecule has 4 aromatic rings. The molecule has 5 rings (SSSR count). The number of benzene rings is 2. The van der Waals surface area contributed by atoms with Crippen molar-refractivity contribution in [3.05, 3.63) is 66.5 Å². The summed E-state index contributed by atoms with van der Waals surface area (Å²) < 4.78 is 13.4. The highest BCUT2D eigenvalue weighted by Crippen LogP contribution is 2.33. The fourth-order valence-electron chi connectivity index (χ4n) is 3.39. The standard InChI is InChI=1S/C22H19N5O3/c1-13-21(30-19-6-4-3-5-18(19)29-13)22(28)23-16-9-7-15(8-10-16)17-11-12-20-25-24-14(2)27(20)26-17/h3-13,21H,1-2H3,(H,23,28). The van der Waals surface area contributed by atoms with Gasteiger partial charge in [0.05, 0.1) is 5.69 Å². The minimum atomic E-state index is -0.736. The van der Waals surface area contributed by atoms with E-state index in [1.807, 2.05) is 68.4 Å². The molecule has 2 aromatic carbocycles. The van der Waals surface area contributed by atoms with Gasteiger partial charge in [0.15, 0.2) is 23.0 Å². The quantitative estimate of drug-likeness (QED) is 0.567. The van der Waals surface area contributed by atoms with Crippen molar-refractivity contribution in [1.82, 2.24) is 19.8 Å². The van der Waals surface area contributed by atoms with Crippen LogP contribution in [0.5, 0.6) is 11.5 Å². The molecular formula is C22H19N5O3. The number of hydrogen-bond acceptors (Lipinski definition) is 6. The Morgan fingerprint density at radius 2 is 1.70 bits per heavy atom. The summed E-state index contributed by atoms with van der Waals surface area (Å²) >= 11 is 0. The fourth-order valence-corrected chi connectivity index (χ4v) is 3.39. The SMILES string of the molecule is Cc1nnc2ccc(-c3ccc(NC(=O)C4Oc5ccccc5OC4C)cc3)nn12. The molecule has 150 valence electrons. The van der Waals surface area contributed by atoms with Crippen molar-refractivity contribution in [1.29, 1.82) is 0 Å². The van der Waals surface area contributed by atoms with E-state index in [9.17, 15) is 4.79 Å². The Balaban J connectivity index is 1.32. The number of anilines is 1. The van der Waals surface area contributed by atoms with Gasteiger partial charge in [-0.1, -0.05) is 24.3 Å². The number of rotatable bonds is 3. The molecule has 1 amide bonds. The topological polar surface area (TPSA) is 90.6 Å². The van der Waals surface area contributed by atoms with Gasteiger partial charge in [-0.2, -0.15) is 9.61 Å². The number of para-hydroxylation sites is 2. The molecule has 0 spiro atoms. The second-order valence-electron chi connectivity index (χ2n) is 7.11. The van der Waals surface area contributed by atoms with Crippen molar-refractivity contribution < 1.29 is 14.3 Å². The Labute approximate surface area is 172 Å². The first-order valence-electron chi connectivity index (χ1n) is 9.61. The van der Waals surface area contributed by atoms with Gasteiger partial charge in [0.1, 0.15) is 6.10 Å². The number of ether oxygens (including phenoxy) is 2. The maximum Gasteiger partial charge on any atom is 0.269 e. The maximum absolute atomic E-state index is 12.8. The fraction of sp³-hybridized carbons (Fsp3) is 0.182. The second kappa shape index (κ2) is 7.14. The number of aryl methyl sites for hydroxylation is 1. The summed E-state index contributed by atoms with van der Waals surface area (Å²) in [6.45, 7) is 3.67. The van der Waals surface area contributed by atoms with Crippen molar-refractivity contribution in [2.45, 2.75) is 26.1 Å². The van der Waals surface area contributed by atoms with Crippen molar-refractivity contribution in [2.24, 2.45) is 0 Å². The largest absolute Gasteiger partial charge is 0.482 e. The van der Waals surface area contributed by atoms with Crippen LogP contribution >= 0.6 is 0 Å². The van der Waals surface area contributed by atoms with Crippen LogP contribution in [0.2, 0.25) is 0 Å². The first-order chi connectivity index (χ1) is 14.6. The van der Waals surface area contributed by atoms with E-state index >= 15 is 0 Å². The summed E-state index contributed by atoms with van der Waals surface area (Å²) in [5.41, 5.74) is 3.07. The maximum atomic E-state index is 12.8. The third-order valence-corrected chi connectivity index (χ3v) is 4.97. The van der Waals surface area contributed by atoms with Crippen LogP contribution in [0, 0.1) is 6.92 Å². The van der Waals surface area contributed by atoms with Crippen molar-refractivity contribution >= 4 is 17.2 Å². The molecule has 0 saturated carbocycles. The van der Waals surface area contributed by atoms with Gasteiger partial charge in [-0.15, -0.1) is 10.2 Å². The van der Waals surface area contributed by atoms with Gasteiger partial charge in [0, 0.05) is 11.3 Å². The molecule has 0 radical (unpaired) electrons. The molecular weight excluding hydrogens is 382 g/mol. The lowest BCUT2D eigenvalue weighted by atomic mass is 10.1. The van der Waals surface area contributed by atoms with Crippen LogP contribution in [0.1, 0.15) is 12.7 Å². The Morgan fingerprint density at radius 1 is 0.967 bits per heavy atom. The number of nitrogens with zero attached hydrogens (tertiary/aromatic N) is 4. The highest BCUT2D eigenvalue weighted by atomic mass is 16.6. The lowest BCUT2D eigenvalue weighted by Crippen LogP contribution is -2.46. The van der Waals surface area contributed by atoms with Gasteiger partial charge in [-0.05, 0) is 50.2 Å². The van der Waals surface area contributed by atoms with E-state index in [-0.39, 0.29) is 5.91 Å². The molecule has 2 aromatic heterocycles. The van der Waals surface area contributed by atoms with Gasteiger partial charge < -0.3 is 14.8 Å². The third kappa shape index (κ3) is 3.22. The smallest absolute Gasteiger partial charge is 0.269 e. The zero-order valence-electron chi connectivity index (χ0n) is 16.4. The lowest BCUT2D eigenvalue weighted by Gasteiger charge is -2.31. The number of carbonyl (C=O) groups is 1. The highest BCUT2D eigenvalue weighted by Gasteiger charge is 2.34. The van der Waals surface area contributed by atoms with Crippen molar-refractivity contribution in [3.63, 3.8) is 0 Å². The zero-order chi connectivity index (χ0) is 20.7. The Kier molecular flexibility index (Phi) is 4.31. The number of fused-ring (bicyclic) bond motifs is 2. The van der Waals surface area contributed by atoms with Crippen LogP contribution < -0.4 is 14.8 Å². The molecule has 3 heterocycles. The van der Waals surface area contributed by atoms with Crippen molar-refractivity contribution in [3.8, 4) is 22.8 Å². The molecule has 1 N–H and O–H groups in total. The van der Waals surface area contributed by atoms with E-state index in [0.717, 1.165) is 17.1 Å². The Morgan fingerprint density at radius 3 is 2.47 bits per heavy atom. The van der Waals surface area contributed by atoms with Gasteiger partial charge in [0.25, 0.3) is 5.91 Å². The van der Waals surface area contributed by atoms with E-state index < -0.39 is 12.2 Å². The minimum absolute atomic E-state index is 0.260. The summed E-state index contributed by atoms with van der Waals surface area (Å²) in [6.07, 6.45) is -1.14. The van der Waals surface area contributed by atoms with Crippen LogP contribution in [0.25, 0.3) is 16.9 Å². The Hall–Kier alpha value is -3.94. The molecule has 0 saturated heterocycles. The third-order valence-electron chi connectivity index (χ3n) is 4.97. The molecule has 0 aliphatic carbocycles. The molecule has 1 aliphatic rings. The lowest BCUT2D eigenvalue weighted by molar-refractivity contribution is -0.128. The molecule has 8 nitrogen and oxygen atoms in total. The number of hydrogen-bond donors (Lipinski definition) is 1. The number of nitrogens with one attached hydrogen (secondary N) is 1. The van der Waals surface area contributed by atoms with E-state index in [0.29, 0.717) is 22.8 Å². The monoisotopic (exact) mass is 401 g/mol. The summed E-state index contributed by atoms with van der Waals surface area (Å²) in [5, 5.41) is 15.5. The molecule has 2 unspecified atom stereocenters. The van der Waals surface area contributed by atoms with Crippen LogP contribution in [-0.4, -0.2) is 37.9 Å². The normalized spacial score (nSPS) is 17.7. The predicted molar refractivity (Wildman–Crippen MR) is 111 cm³/mol. The van der Waals surface area contributed by atoms with Gasteiger partial charge in [0.2, 0.25) is 6.10 Å². The van der Waals surface area contributed by atoms with Crippen molar-refractivity contribution in [2.75, 3.05) is 5.32 Å². The zero-order valence-corrected chi connectivity index (χ0v) is 16.4. The predicted octanol–water partition coefficient (Wildman–Crippen LogP) is 3.27. The average molecular weight is 401 g/mol. The molecule has 0 bridgehead atoms. The van der Waals surface area contributed by atoms with E-state index in [2.05, 4.69) is 20.6 Å².